The van der Waals surface area contributed by atoms with Crippen molar-refractivity contribution < 1.29 is 38.5 Å². The minimum absolute atomic E-state index is 0.0383. The number of phenolic OH excluding ortho intramolecular Hbond substituents is 1. The molecule has 15 nitrogen and oxygen atoms in total. The van der Waals surface area contributed by atoms with Crippen molar-refractivity contribution in [2.45, 2.75) is 24.2 Å². The molecule has 9 rings (SSSR count). The zero-order valence-corrected chi connectivity index (χ0v) is 33.1. The van der Waals surface area contributed by atoms with Crippen molar-refractivity contribution in [1.82, 2.24) is 5.01 Å². The lowest BCUT2D eigenvalue weighted by molar-refractivity contribution is -0.392. The molecule has 0 aromatic heterocycles. The number of nitrogens with zero attached hydrogens (tertiary/aromatic N) is 5. The Labute approximate surface area is 350 Å². The second kappa shape index (κ2) is 14.2. The third kappa shape index (κ3) is 5.76. The average Bonchev–Trinajstić information content (AvgIpc) is 3.62. The highest BCUT2D eigenvalue weighted by Crippen LogP contribution is 2.65. The number of fused-ring (bicyclic) bond motifs is 5. The molecule has 0 bridgehead atoms. The van der Waals surface area contributed by atoms with E-state index in [0.717, 1.165) is 34.2 Å². The molecule has 5 aromatic carbocycles. The van der Waals surface area contributed by atoms with Crippen LogP contribution in [-0.2, 0) is 24.6 Å². The molecule has 2 N–H and O–H groups in total. The number of aromatic hydroxyl groups is 1. The van der Waals surface area contributed by atoms with Crippen LogP contribution in [0.2, 0.25) is 5.02 Å². The van der Waals surface area contributed by atoms with Gasteiger partial charge in [0.05, 0.1) is 44.4 Å². The standard InChI is InChI=1S/C44H34ClFN6O9/c1-48(2)38-34(51(58)59)19-27(20-35(38)52(60)61)49-40(54)30-18-17-29-32(36(30)42(49)56)21-33-41(55)50(47-26-14-12-25(46)13-15-26)43(57)44(33,23-8-10-24(45)11-9-23)37(29)31-16-7-22-5-3-4-6-28(22)39(31)53/h3-17,19-20,30,32-33,36-37,47,53H,18,21H2,1-2H3/t30-,32+,33-,36-,37+,44+/m0/s1. The van der Waals surface area contributed by atoms with Gasteiger partial charge in [-0.1, -0.05) is 71.8 Å². The van der Waals surface area contributed by atoms with Crippen LogP contribution in [0.3, 0.4) is 0 Å². The highest BCUT2D eigenvalue weighted by atomic mass is 35.5. The zero-order valence-electron chi connectivity index (χ0n) is 32.3. The van der Waals surface area contributed by atoms with E-state index in [0.29, 0.717) is 26.9 Å². The topological polar surface area (TPSA) is 197 Å². The Balaban J connectivity index is 1.25. The molecule has 3 fully saturated rings. The molecule has 4 aliphatic rings. The van der Waals surface area contributed by atoms with Gasteiger partial charge in [-0.2, -0.15) is 5.01 Å². The Hall–Kier alpha value is -7.20. The number of hydrogen-bond acceptors (Lipinski definition) is 11. The minimum Gasteiger partial charge on any atom is -0.507 e. The summed E-state index contributed by atoms with van der Waals surface area (Å²) in [5.41, 5.74) is 0.429. The van der Waals surface area contributed by atoms with Crippen LogP contribution in [0.4, 0.5) is 32.8 Å². The van der Waals surface area contributed by atoms with E-state index in [1.807, 2.05) is 0 Å². The van der Waals surface area contributed by atoms with E-state index in [2.05, 4.69) is 5.43 Å². The van der Waals surface area contributed by atoms with Crippen molar-refractivity contribution in [3.63, 3.8) is 0 Å². The summed E-state index contributed by atoms with van der Waals surface area (Å²) in [6, 6.07) is 24.0. The van der Waals surface area contributed by atoms with Crippen molar-refractivity contribution in [1.29, 1.82) is 0 Å². The molecule has 17 heteroatoms. The highest BCUT2D eigenvalue weighted by molar-refractivity contribution is 6.30. The SMILES string of the molecule is CN(C)c1c([N+](=O)[O-])cc(N2C(=O)[C@H]3[C@H](CC=C4[C@H]3C[C@H]3C(=O)N(Nc5ccc(F)cc5)C(=O)[C@@]3(c3ccc(Cl)cc3)[C@H]4c3ccc4ccccc4c3O)C2=O)cc1[N+](=O)[O-]. The number of nitro benzene ring substituents is 2. The molecule has 0 unspecified atom stereocenters. The van der Waals surface area contributed by atoms with E-state index in [-0.39, 0.29) is 41.2 Å². The van der Waals surface area contributed by atoms with Gasteiger partial charge in [0.2, 0.25) is 11.8 Å². The van der Waals surface area contributed by atoms with Crippen molar-refractivity contribution in [3.05, 3.63) is 151 Å². The van der Waals surface area contributed by atoms with Gasteiger partial charge in [-0.3, -0.25) is 44.8 Å². The van der Waals surface area contributed by atoms with E-state index in [9.17, 15) is 44.1 Å². The largest absolute Gasteiger partial charge is 0.507 e. The van der Waals surface area contributed by atoms with Crippen LogP contribution in [0, 0.1) is 49.7 Å². The lowest BCUT2D eigenvalue weighted by atomic mass is 9.49. The quantitative estimate of drug-likeness (QED) is 0.0683. The molecule has 2 aliphatic carbocycles. The number of hydrogen-bond donors (Lipinski definition) is 2. The first-order valence-electron chi connectivity index (χ1n) is 19.2. The first kappa shape index (κ1) is 39.3. The van der Waals surface area contributed by atoms with Gasteiger partial charge in [0.25, 0.3) is 11.8 Å². The van der Waals surface area contributed by atoms with Gasteiger partial charge in [0, 0.05) is 48.1 Å². The summed E-state index contributed by atoms with van der Waals surface area (Å²) >= 11 is 6.38. The van der Waals surface area contributed by atoms with Crippen molar-refractivity contribution in [3.8, 4) is 5.75 Å². The number of halogens is 2. The van der Waals surface area contributed by atoms with Crippen LogP contribution in [-0.4, -0.2) is 57.7 Å². The molecular weight excluding hydrogens is 811 g/mol. The van der Waals surface area contributed by atoms with Crippen LogP contribution in [0.15, 0.2) is 109 Å². The average molecular weight is 845 g/mol. The summed E-state index contributed by atoms with van der Waals surface area (Å²) in [6.45, 7) is 0. The summed E-state index contributed by atoms with van der Waals surface area (Å²) < 4.78 is 14.0. The van der Waals surface area contributed by atoms with Gasteiger partial charge in [-0.05, 0) is 66.1 Å². The number of hydrazine groups is 1. The van der Waals surface area contributed by atoms with Crippen LogP contribution >= 0.6 is 11.6 Å². The molecule has 2 aliphatic heterocycles. The predicted octanol–water partition coefficient (Wildman–Crippen LogP) is 7.41. The molecule has 1 saturated carbocycles. The minimum atomic E-state index is -1.78. The fourth-order valence-corrected chi connectivity index (χ4v) is 10.3. The zero-order chi connectivity index (χ0) is 43.2. The van der Waals surface area contributed by atoms with E-state index >= 15 is 4.79 Å². The van der Waals surface area contributed by atoms with Crippen molar-refractivity contribution in [2.75, 3.05) is 29.3 Å². The van der Waals surface area contributed by atoms with Crippen molar-refractivity contribution >= 4 is 74.4 Å². The van der Waals surface area contributed by atoms with Gasteiger partial charge in [0.1, 0.15) is 11.6 Å². The number of phenols is 1. The van der Waals surface area contributed by atoms with E-state index in [1.165, 1.54) is 31.1 Å². The molecule has 0 radical (unpaired) electrons. The maximum atomic E-state index is 15.5. The Morgan fingerprint density at radius 1 is 0.852 bits per heavy atom. The van der Waals surface area contributed by atoms with Gasteiger partial charge in [0.15, 0.2) is 5.69 Å². The third-order valence-electron chi connectivity index (χ3n) is 12.7. The van der Waals surface area contributed by atoms with Gasteiger partial charge < -0.3 is 10.0 Å². The highest BCUT2D eigenvalue weighted by Gasteiger charge is 2.70. The number of allylic oxidation sites excluding steroid dienone is 2. The first-order chi connectivity index (χ1) is 29.1. The van der Waals surface area contributed by atoms with Crippen LogP contribution in [0.1, 0.15) is 29.9 Å². The molecule has 2 heterocycles. The number of carbonyl (C=O) groups excluding carboxylic acids is 4. The Morgan fingerprint density at radius 3 is 2.15 bits per heavy atom. The van der Waals surface area contributed by atoms with Crippen LogP contribution < -0.4 is 15.2 Å². The summed E-state index contributed by atoms with van der Waals surface area (Å²) in [5, 5.41) is 39.2. The summed E-state index contributed by atoms with van der Waals surface area (Å²) in [6.07, 6.45) is 1.59. The number of benzene rings is 5. The Morgan fingerprint density at radius 2 is 1.51 bits per heavy atom. The van der Waals surface area contributed by atoms with Crippen LogP contribution in [0.5, 0.6) is 5.75 Å². The molecule has 308 valence electrons. The number of rotatable bonds is 8. The molecule has 4 amide bonds. The number of anilines is 3. The summed E-state index contributed by atoms with van der Waals surface area (Å²) in [5.74, 6) is -9.09. The molecular formula is C44H34ClFN6O9. The van der Waals surface area contributed by atoms with E-state index < -0.39 is 85.7 Å². The van der Waals surface area contributed by atoms with Gasteiger partial charge in [-0.25, -0.2) is 9.29 Å². The number of carbonyl (C=O) groups is 4. The van der Waals surface area contributed by atoms with Crippen LogP contribution in [0.25, 0.3) is 10.8 Å². The Bertz CT molecular complexity index is 2760. The normalized spacial score (nSPS) is 24.3. The first-order valence-corrected chi connectivity index (χ1v) is 19.6. The second-order valence-corrected chi connectivity index (χ2v) is 16.3. The summed E-state index contributed by atoms with van der Waals surface area (Å²) in [4.78, 5) is 84.6. The molecule has 61 heavy (non-hydrogen) atoms. The maximum absolute atomic E-state index is 15.5. The Kier molecular flexibility index (Phi) is 9.16. The lowest BCUT2D eigenvalue weighted by Gasteiger charge is -2.50. The molecule has 0 spiro atoms. The monoisotopic (exact) mass is 844 g/mol. The van der Waals surface area contributed by atoms with E-state index in [4.69, 9.17) is 11.6 Å². The predicted molar refractivity (Wildman–Crippen MR) is 221 cm³/mol. The third-order valence-corrected chi connectivity index (χ3v) is 12.9. The number of imide groups is 2. The van der Waals surface area contributed by atoms with Gasteiger partial charge in [-0.15, -0.1) is 0 Å². The molecule has 2 saturated heterocycles. The molecule has 6 atom stereocenters. The fraction of sp³-hybridized carbons (Fsp3) is 0.227. The number of amides is 4. The van der Waals surface area contributed by atoms with Crippen molar-refractivity contribution in [2.24, 2.45) is 23.7 Å². The van der Waals surface area contributed by atoms with E-state index in [1.54, 1.807) is 66.7 Å². The molecule has 5 aromatic rings. The van der Waals surface area contributed by atoms with Gasteiger partial charge >= 0.3 is 11.4 Å². The number of nitro groups is 2. The number of nitrogens with one attached hydrogen (secondary N) is 1. The summed E-state index contributed by atoms with van der Waals surface area (Å²) in [7, 11) is 2.79. The smallest absolute Gasteiger partial charge is 0.301 e. The second-order valence-electron chi connectivity index (χ2n) is 15.9. The lowest BCUT2D eigenvalue weighted by Crippen LogP contribution is -2.53. The maximum Gasteiger partial charge on any atom is 0.301 e. The fourth-order valence-electron chi connectivity index (χ4n) is 10.2.